The van der Waals surface area contributed by atoms with E-state index in [1.54, 1.807) is 62.6 Å². The zero-order valence-corrected chi connectivity index (χ0v) is 18.0. The van der Waals surface area contributed by atoms with Crippen LogP contribution in [0.3, 0.4) is 0 Å². The van der Waals surface area contributed by atoms with E-state index in [2.05, 4.69) is 10.4 Å². The molecule has 0 amide bonds. The van der Waals surface area contributed by atoms with E-state index in [0.717, 1.165) is 4.73 Å². The summed E-state index contributed by atoms with van der Waals surface area (Å²) in [5.74, 6) is 0.300. The second-order valence-corrected chi connectivity index (χ2v) is 7.21. The first-order valence-electron chi connectivity index (χ1n) is 10.1. The lowest BCUT2D eigenvalue weighted by Crippen LogP contribution is -2.28. The maximum absolute atomic E-state index is 13.2. The molecule has 162 valence electrons. The molecule has 2 heterocycles. The largest absolute Gasteiger partial charge is 0.618 e. The van der Waals surface area contributed by atoms with E-state index >= 15 is 0 Å². The van der Waals surface area contributed by atoms with Gasteiger partial charge in [0.15, 0.2) is 12.0 Å². The Hall–Kier alpha value is -4.20. The summed E-state index contributed by atoms with van der Waals surface area (Å²) in [6.07, 6.45) is 1.41. The Morgan fingerprint density at radius 1 is 1.19 bits per heavy atom. The first-order valence-corrected chi connectivity index (χ1v) is 10.1. The zero-order chi connectivity index (χ0) is 22.8. The number of rotatable bonds is 6. The molecule has 8 nitrogen and oxygen atoms in total. The van der Waals surface area contributed by atoms with Gasteiger partial charge in [0.2, 0.25) is 5.52 Å². The highest BCUT2D eigenvalue weighted by Crippen LogP contribution is 2.31. The average molecular weight is 430 g/mol. The minimum atomic E-state index is -0.424. The molecule has 0 unspecified atom stereocenters. The number of aromatic nitrogens is 3. The van der Waals surface area contributed by atoms with Crippen molar-refractivity contribution >= 4 is 28.1 Å². The number of anilines is 2. The van der Waals surface area contributed by atoms with E-state index in [4.69, 9.17) is 4.74 Å². The number of hydrogen-bond acceptors (Lipinski definition) is 6. The predicted octanol–water partition coefficient (Wildman–Crippen LogP) is 3.67. The maximum atomic E-state index is 13.2. The lowest BCUT2D eigenvalue weighted by Gasteiger charge is -2.17. The van der Waals surface area contributed by atoms with Crippen molar-refractivity contribution in [3.8, 4) is 17.0 Å². The minimum absolute atomic E-state index is 0.112. The molecule has 2 aromatic heterocycles. The van der Waals surface area contributed by atoms with Crippen LogP contribution in [0.5, 0.6) is 5.75 Å². The zero-order valence-electron chi connectivity index (χ0n) is 18.0. The monoisotopic (exact) mass is 430 g/mol. The molecule has 2 aromatic carbocycles. The summed E-state index contributed by atoms with van der Waals surface area (Å²) in [5.41, 5.74) is 1.87. The smallest absolute Gasteiger partial charge is 0.291 e. The quantitative estimate of drug-likeness (QED) is 0.285. The fraction of sp³-hybridized carbons (Fsp3) is 0.167. The molecule has 0 aliphatic carbocycles. The number of Topliss-reactive ketones (excluding diaryl/α,β-unsaturated/α-hetero) is 1. The fourth-order valence-electron chi connectivity index (χ4n) is 3.68. The van der Waals surface area contributed by atoms with E-state index in [-0.39, 0.29) is 17.0 Å². The molecule has 0 bridgehead atoms. The normalized spacial score (nSPS) is 10.8. The van der Waals surface area contributed by atoms with Gasteiger partial charge in [-0.3, -0.25) is 9.59 Å². The molecule has 0 fully saturated rings. The predicted molar refractivity (Wildman–Crippen MR) is 122 cm³/mol. The van der Waals surface area contributed by atoms with Crippen molar-refractivity contribution in [2.24, 2.45) is 0 Å². The van der Waals surface area contributed by atoms with Gasteiger partial charge in [-0.05, 0) is 38.1 Å². The van der Waals surface area contributed by atoms with Gasteiger partial charge in [0.05, 0.1) is 23.7 Å². The van der Waals surface area contributed by atoms with Crippen LogP contribution in [0.1, 0.15) is 24.2 Å². The van der Waals surface area contributed by atoms with E-state index in [1.807, 2.05) is 6.07 Å². The van der Waals surface area contributed by atoms with Crippen molar-refractivity contribution in [2.45, 2.75) is 20.4 Å². The SMILES string of the molecule is CCn1nc(-c2cccc(OC)c2)c(C(C)=O)c(Nc2cccc3c2ccc[n+]3[O-])c1=O. The number of nitrogens with zero attached hydrogens (tertiary/aromatic N) is 3. The van der Waals surface area contributed by atoms with E-state index in [1.165, 1.54) is 17.8 Å². The third kappa shape index (κ3) is 3.66. The van der Waals surface area contributed by atoms with Crippen molar-refractivity contribution in [3.63, 3.8) is 0 Å². The number of ketones is 1. The van der Waals surface area contributed by atoms with Crippen LogP contribution in [-0.4, -0.2) is 22.7 Å². The molecule has 4 rings (SSSR count). The molecule has 4 aromatic rings. The molecule has 0 atom stereocenters. The summed E-state index contributed by atoms with van der Waals surface area (Å²) >= 11 is 0. The second-order valence-electron chi connectivity index (χ2n) is 7.21. The number of fused-ring (bicyclic) bond motifs is 1. The number of pyridine rings is 1. The van der Waals surface area contributed by atoms with Crippen LogP contribution in [0.4, 0.5) is 11.4 Å². The van der Waals surface area contributed by atoms with Crippen LogP contribution in [-0.2, 0) is 6.54 Å². The van der Waals surface area contributed by atoms with Crippen LogP contribution in [0.25, 0.3) is 22.2 Å². The summed E-state index contributed by atoms with van der Waals surface area (Å²) in [6.45, 7) is 3.52. The first-order chi connectivity index (χ1) is 15.4. The van der Waals surface area contributed by atoms with Crippen LogP contribution in [0.15, 0.2) is 65.6 Å². The van der Waals surface area contributed by atoms with Gasteiger partial charge >= 0.3 is 0 Å². The molecule has 32 heavy (non-hydrogen) atoms. The number of hydrogen-bond donors (Lipinski definition) is 1. The lowest BCUT2D eigenvalue weighted by atomic mass is 10.0. The molecule has 0 spiro atoms. The highest BCUT2D eigenvalue weighted by atomic mass is 16.5. The first kappa shape index (κ1) is 21.0. The van der Waals surface area contributed by atoms with Gasteiger partial charge in [-0.15, -0.1) is 0 Å². The number of methoxy groups -OCH3 is 1. The fourth-order valence-corrected chi connectivity index (χ4v) is 3.68. The van der Waals surface area contributed by atoms with E-state index in [0.29, 0.717) is 40.1 Å². The van der Waals surface area contributed by atoms with Crippen molar-refractivity contribution < 1.29 is 14.3 Å². The maximum Gasteiger partial charge on any atom is 0.291 e. The van der Waals surface area contributed by atoms with E-state index in [9.17, 15) is 14.8 Å². The highest BCUT2D eigenvalue weighted by Gasteiger charge is 2.23. The molecular weight excluding hydrogens is 408 g/mol. The van der Waals surface area contributed by atoms with Crippen LogP contribution < -0.4 is 20.3 Å². The topological polar surface area (TPSA) is 100 Å². The molecule has 1 N–H and O–H groups in total. The van der Waals surface area contributed by atoms with Gasteiger partial charge in [0, 0.05) is 24.2 Å². The summed E-state index contributed by atoms with van der Waals surface area (Å²) in [7, 11) is 1.56. The van der Waals surface area contributed by atoms with Crippen LogP contribution in [0, 0.1) is 5.21 Å². The molecule has 0 aliphatic heterocycles. The number of benzene rings is 2. The number of carbonyl (C=O) groups is 1. The number of ether oxygens (including phenoxy) is 1. The van der Waals surface area contributed by atoms with Gasteiger partial charge in [0.25, 0.3) is 5.56 Å². The van der Waals surface area contributed by atoms with Crippen molar-refractivity contribution in [2.75, 3.05) is 12.4 Å². The summed E-state index contributed by atoms with van der Waals surface area (Å²) in [4.78, 5) is 26.0. The van der Waals surface area contributed by atoms with Crippen molar-refractivity contribution in [1.29, 1.82) is 0 Å². The van der Waals surface area contributed by atoms with Crippen LogP contribution >= 0.6 is 0 Å². The molecule has 0 saturated heterocycles. The number of carbonyl (C=O) groups excluding carboxylic acids is 1. The highest BCUT2D eigenvalue weighted by molar-refractivity contribution is 6.06. The average Bonchev–Trinajstić information content (AvgIpc) is 2.80. The lowest BCUT2D eigenvalue weighted by molar-refractivity contribution is -0.577. The van der Waals surface area contributed by atoms with Gasteiger partial charge in [0.1, 0.15) is 17.1 Å². The van der Waals surface area contributed by atoms with Crippen molar-refractivity contribution in [1.82, 2.24) is 9.78 Å². The van der Waals surface area contributed by atoms with Gasteiger partial charge in [-0.2, -0.15) is 9.83 Å². The number of aryl methyl sites for hydroxylation is 1. The number of nitrogens with one attached hydrogen (secondary N) is 1. The minimum Gasteiger partial charge on any atom is -0.618 e. The molecule has 0 saturated carbocycles. The Morgan fingerprint density at radius 3 is 2.69 bits per heavy atom. The third-order valence-electron chi connectivity index (χ3n) is 5.22. The van der Waals surface area contributed by atoms with Gasteiger partial charge < -0.3 is 15.3 Å². The summed E-state index contributed by atoms with van der Waals surface area (Å²) in [5, 5.41) is 20.4. The standard InChI is InChI=1S/C24H22N4O4/c1-4-27-24(30)23(25-19-11-6-12-20-18(19)10-7-13-28(20)31)21(15(2)29)22(26-27)16-8-5-9-17(14-16)32-3/h5-14,25H,4H2,1-3H3. The van der Waals surface area contributed by atoms with Gasteiger partial charge in [-0.25, -0.2) is 4.68 Å². The van der Waals surface area contributed by atoms with E-state index < -0.39 is 5.56 Å². The Morgan fingerprint density at radius 2 is 1.97 bits per heavy atom. The second kappa shape index (κ2) is 8.50. The third-order valence-corrected chi connectivity index (χ3v) is 5.22. The summed E-state index contributed by atoms with van der Waals surface area (Å²) < 4.78 is 7.38. The molecule has 0 radical (unpaired) electrons. The summed E-state index contributed by atoms with van der Waals surface area (Å²) in [6, 6.07) is 15.7. The Bertz CT molecular complexity index is 1390. The Kier molecular flexibility index (Phi) is 5.59. The molecular formula is C24H22N4O4. The molecule has 0 aliphatic rings. The van der Waals surface area contributed by atoms with Crippen LogP contribution in [0.2, 0.25) is 0 Å². The van der Waals surface area contributed by atoms with Crippen molar-refractivity contribution in [3.05, 3.63) is 81.9 Å². The Balaban J connectivity index is 1.99. The Labute approximate surface area is 184 Å². The molecule has 8 heteroatoms. The van der Waals surface area contributed by atoms with Gasteiger partial charge in [-0.1, -0.05) is 18.2 Å².